The van der Waals surface area contributed by atoms with Crippen molar-refractivity contribution in [2.24, 2.45) is 17.3 Å². The van der Waals surface area contributed by atoms with Gasteiger partial charge < -0.3 is 19.7 Å². The summed E-state index contributed by atoms with van der Waals surface area (Å²) in [6.07, 6.45) is 5.31. The summed E-state index contributed by atoms with van der Waals surface area (Å²) in [7, 11) is 0. The van der Waals surface area contributed by atoms with Crippen LogP contribution >= 0.6 is 0 Å². The SMILES string of the molecule is C[C@@H]1C(=O)C(C)(C)[C@@H](O)CC(=O)O[C@@H](/C=C/c2ccccn2)CC2O[C@]2(C)CCC[C@H](C)[C@H]1O. The van der Waals surface area contributed by atoms with Crippen LogP contribution in [0.15, 0.2) is 30.5 Å². The quantitative estimate of drug-likeness (QED) is 0.498. The number of cyclic esters (lactones) is 1. The number of hydrogen-bond donors (Lipinski definition) is 2. The predicted octanol–water partition coefficient (Wildman–Crippen LogP) is 3.72. The molecule has 1 aromatic rings. The third-order valence-corrected chi connectivity index (χ3v) is 7.60. The molecule has 0 spiro atoms. The maximum atomic E-state index is 13.2. The standard InChI is InChI=1S/C27H39NO6/c1-17-9-8-13-27(5)22(34-27)15-20(12-11-19-10-6-7-14-28-19)33-23(30)16-21(29)26(3,4)25(32)18(2)24(17)31/h6-7,10-12,14,17-18,20-22,24,29,31H,8-9,13,15-16H2,1-5H3/b12-11+/t17-,18-,20-,21-,22?,24+,27+/m0/s1. The minimum absolute atomic E-state index is 0.0475. The van der Waals surface area contributed by atoms with Crippen molar-refractivity contribution in [3.8, 4) is 0 Å². The van der Waals surface area contributed by atoms with Crippen molar-refractivity contribution < 1.29 is 29.3 Å². The van der Waals surface area contributed by atoms with Crippen LogP contribution in [0.2, 0.25) is 0 Å². The molecule has 2 N–H and O–H groups in total. The van der Waals surface area contributed by atoms with E-state index >= 15 is 0 Å². The second-order valence-corrected chi connectivity index (χ2v) is 10.8. The zero-order valence-corrected chi connectivity index (χ0v) is 20.9. The van der Waals surface area contributed by atoms with Crippen LogP contribution in [0.3, 0.4) is 0 Å². The Morgan fingerprint density at radius 2 is 1.88 bits per heavy atom. The highest BCUT2D eigenvalue weighted by atomic mass is 16.6. The first kappa shape index (κ1) is 26.5. The lowest BCUT2D eigenvalue weighted by Crippen LogP contribution is -2.45. The molecule has 7 nitrogen and oxygen atoms in total. The Balaban J connectivity index is 1.81. The van der Waals surface area contributed by atoms with Gasteiger partial charge in [-0.3, -0.25) is 14.6 Å². The second kappa shape index (κ2) is 10.7. The highest BCUT2D eigenvalue weighted by Crippen LogP contribution is 2.44. The van der Waals surface area contributed by atoms with E-state index in [4.69, 9.17) is 9.47 Å². The van der Waals surface area contributed by atoms with Crippen LogP contribution in [0, 0.1) is 17.3 Å². The molecular formula is C27H39NO6. The van der Waals surface area contributed by atoms with Crippen molar-refractivity contribution in [1.29, 1.82) is 0 Å². The number of carbonyl (C=O) groups is 2. The van der Waals surface area contributed by atoms with Gasteiger partial charge in [-0.2, -0.15) is 0 Å². The van der Waals surface area contributed by atoms with Crippen LogP contribution in [0.4, 0.5) is 0 Å². The number of hydrogen-bond acceptors (Lipinski definition) is 7. The molecule has 0 bridgehead atoms. The molecule has 1 unspecified atom stereocenters. The number of pyridine rings is 1. The summed E-state index contributed by atoms with van der Waals surface area (Å²) < 4.78 is 11.7. The van der Waals surface area contributed by atoms with Crippen molar-refractivity contribution in [3.05, 3.63) is 36.2 Å². The monoisotopic (exact) mass is 473 g/mol. The van der Waals surface area contributed by atoms with Crippen molar-refractivity contribution >= 4 is 17.8 Å². The van der Waals surface area contributed by atoms with Gasteiger partial charge in [0.1, 0.15) is 11.9 Å². The number of Topliss-reactive ketones (excluding diaryl/α,β-unsaturated/α-hetero) is 1. The number of esters is 1. The zero-order valence-electron chi connectivity index (χ0n) is 20.9. The van der Waals surface area contributed by atoms with Gasteiger partial charge in [0.2, 0.25) is 0 Å². The molecule has 3 rings (SSSR count). The number of ether oxygens (including phenoxy) is 2. The molecule has 2 saturated heterocycles. The summed E-state index contributed by atoms with van der Waals surface area (Å²) >= 11 is 0. The first-order valence-corrected chi connectivity index (χ1v) is 12.3. The number of aliphatic hydroxyl groups excluding tert-OH is 2. The van der Waals surface area contributed by atoms with Gasteiger partial charge in [0.25, 0.3) is 0 Å². The number of carbonyl (C=O) groups excluding carboxylic acids is 2. The Morgan fingerprint density at radius 3 is 2.56 bits per heavy atom. The Labute approximate surface area is 202 Å². The molecule has 0 amide bonds. The molecule has 0 aromatic carbocycles. The van der Waals surface area contributed by atoms with Gasteiger partial charge in [0, 0.05) is 18.5 Å². The van der Waals surface area contributed by atoms with Gasteiger partial charge in [-0.05, 0) is 50.0 Å². The first-order chi connectivity index (χ1) is 15.9. The summed E-state index contributed by atoms with van der Waals surface area (Å²) in [4.78, 5) is 30.2. The molecule has 2 aliphatic rings. The largest absolute Gasteiger partial charge is 0.458 e. The van der Waals surface area contributed by atoms with Gasteiger partial charge in [-0.25, -0.2) is 0 Å². The predicted molar refractivity (Wildman–Crippen MR) is 129 cm³/mol. The molecule has 0 saturated carbocycles. The average Bonchev–Trinajstić information content (AvgIpc) is 3.44. The molecular weight excluding hydrogens is 434 g/mol. The lowest BCUT2D eigenvalue weighted by Gasteiger charge is -2.34. The zero-order chi connectivity index (χ0) is 25.1. The first-order valence-electron chi connectivity index (χ1n) is 12.3. The van der Waals surface area contributed by atoms with Crippen molar-refractivity contribution in [1.82, 2.24) is 4.98 Å². The number of ketones is 1. The number of nitrogens with zero attached hydrogens (tertiary/aromatic N) is 1. The molecule has 7 atom stereocenters. The van der Waals surface area contributed by atoms with Crippen LogP contribution in [-0.4, -0.2) is 57.0 Å². The van der Waals surface area contributed by atoms with E-state index < -0.39 is 35.6 Å². The molecule has 2 fully saturated rings. The van der Waals surface area contributed by atoms with E-state index in [0.717, 1.165) is 25.0 Å². The number of aromatic nitrogens is 1. The van der Waals surface area contributed by atoms with Crippen LogP contribution in [-0.2, 0) is 19.1 Å². The maximum Gasteiger partial charge on any atom is 0.309 e. The second-order valence-electron chi connectivity index (χ2n) is 10.8. The Kier molecular flexibility index (Phi) is 8.32. The molecule has 7 heteroatoms. The smallest absolute Gasteiger partial charge is 0.309 e. The highest BCUT2D eigenvalue weighted by Gasteiger charge is 2.52. The minimum Gasteiger partial charge on any atom is -0.458 e. The number of fused-ring (bicyclic) bond motifs is 1. The highest BCUT2D eigenvalue weighted by molar-refractivity contribution is 5.88. The Bertz CT molecular complexity index is 884. The third kappa shape index (κ3) is 6.32. The molecule has 188 valence electrons. The van der Waals surface area contributed by atoms with E-state index in [2.05, 4.69) is 11.9 Å². The third-order valence-electron chi connectivity index (χ3n) is 7.60. The van der Waals surface area contributed by atoms with E-state index in [1.807, 2.05) is 31.2 Å². The van der Waals surface area contributed by atoms with E-state index in [1.54, 1.807) is 33.0 Å². The normalized spacial score (nSPS) is 37.7. The fraction of sp³-hybridized carbons (Fsp3) is 0.667. The van der Waals surface area contributed by atoms with Gasteiger partial charge in [-0.1, -0.05) is 40.2 Å². The van der Waals surface area contributed by atoms with Gasteiger partial charge >= 0.3 is 5.97 Å². The van der Waals surface area contributed by atoms with Crippen LogP contribution in [0.25, 0.3) is 6.08 Å². The Morgan fingerprint density at radius 1 is 1.15 bits per heavy atom. The van der Waals surface area contributed by atoms with E-state index in [9.17, 15) is 19.8 Å². The number of epoxide rings is 1. The lowest BCUT2D eigenvalue weighted by molar-refractivity contribution is -0.154. The van der Waals surface area contributed by atoms with Crippen molar-refractivity contribution in [3.63, 3.8) is 0 Å². The summed E-state index contributed by atoms with van der Waals surface area (Å²) in [5, 5.41) is 21.6. The summed E-state index contributed by atoms with van der Waals surface area (Å²) in [6, 6.07) is 5.58. The topological polar surface area (TPSA) is 109 Å². The fourth-order valence-corrected chi connectivity index (χ4v) is 4.84. The van der Waals surface area contributed by atoms with Gasteiger partial charge in [0.15, 0.2) is 0 Å². The molecule has 0 aliphatic carbocycles. The van der Waals surface area contributed by atoms with Crippen molar-refractivity contribution in [2.75, 3.05) is 0 Å². The summed E-state index contributed by atoms with van der Waals surface area (Å²) in [6.45, 7) is 8.93. The number of aliphatic hydroxyl groups is 2. The van der Waals surface area contributed by atoms with Crippen LogP contribution in [0.5, 0.6) is 0 Å². The lowest BCUT2D eigenvalue weighted by atomic mass is 9.73. The molecule has 34 heavy (non-hydrogen) atoms. The molecule has 3 heterocycles. The Hall–Kier alpha value is -2.09. The summed E-state index contributed by atoms with van der Waals surface area (Å²) in [5.74, 6) is -1.57. The van der Waals surface area contributed by atoms with E-state index in [0.29, 0.717) is 6.42 Å². The van der Waals surface area contributed by atoms with Crippen LogP contribution < -0.4 is 0 Å². The van der Waals surface area contributed by atoms with E-state index in [-0.39, 0.29) is 29.8 Å². The molecule has 2 aliphatic heterocycles. The maximum absolute atomic E-state index is 13.2. The minimum atomic E-state index is -1.23. The molecule has 1 aromatic heterocycles. The fourth-order valence-electron chi connectivity index (χ4n) is 4.84. The van der Waals surface area contributed by atoms with Crippen molar-refractivity contribution in [2.45, 2.75) is 96.7 Å². The van der Waals surface area contributed by atoms with E-state index in [1.165, 1.54) is 0 Å². The molecule has 0 radical (unpaired) electrons. The van der Waals surface area contributed by atoms with Gasteiger partial charge in [-0.15, -0.1) is 0 Å². The van der Waals surface area contributed by atoms with Gasteiger partial charge in [0.05, 0.1) is 41.4 Å². The summed E-state index contributed by atoms with van der Waals surface area (Å²) in [5.41, 5.74) is -0.750. The van der Waals surface area contributed by atoms with Crippen LogP contribution in [0.1, 0.15) is 72.4 Å². The average molecular weight is 474 g/mol. The number of rotatable bonds is 2.